The molecular formula is C12H20BrNS. The molecule has 1 unspecified atom stereocenters. The molecular weight excluding hydrogens is 270 g/mol. The first kappa shape index (κ1) is 13.2. The highest BCUT2D eigenvalue weighted by molar-refractivity contribution is 9.09. The maximum absolute atomic E-state index is 4.68. The van der Waals surface area contributed by atoms with Gasteiger partial charge in [0, 0.05) is 15.6 Å². The van der Waals surface area contributed by atoms with E-state index in [0.717, 1.165) is 6.42 Å². The van der Waals surface area contributed by atoms with Crippen molar-refractivity contribution >= 4 is 27.3 Å². The number of thiazole rings is 1. The zero-order valence-electron chi connectivity index (χ0n) is 10.0. The van der Waals surface area contributed by atoms with Crippen LogP contribution in [0.5, 0.6) is 0 Å². The van der Waals surface area contributed by atoms with Crippen molar-refractivity contribution in [3.8, 4) is 0 Å². The Bertz CT molecular complexity index is 299. The molecule has 0 fully saturated rings. The Balaban J connectivity index is 2.47. The van der Waals surface area contributed by atoms with Gasteiger partial charge in [-0.05, 0) is 19.3 Å². The molecule has 3 heteroatoms. The van der Waals surface area contributed by atoms with Gasteiger partial charge in [0.15, 0.2) is 0 Å². The van der Waals surface area contributed by atoms with Crippen LogP contribution in [0.15, 0.2) is 5.38 Å². The lowest BCUT2D eigenvalue weighted by molar-refractivity contribution is 0.570. The number of alkyl halides is 1. The van der Waals surface area contributed by atoms with E-state index in [4.69, 9.17) is 0 Å². The van der Waals surface area contributed by atoms with E-state index >= 15 is 0 Å². The maximum atomic E-state index is 4.68. The van der Waals surface area contributed by atoms with Gasteiger partial charge < -0.3 is 0 Å². The van der Waals surface area contributed by atoms with E-state index in [9.17, 15) is 0 Å². The number of rotatable bonds is 4. The average molecular weight is 290 g/mol. The van der Waals surface area contributed by atoms with E-state index in [0.29, 0.717) is 4.83 Å². The molecule has 0 saturated heterocycles. The second-order valence-electron chi connectivity index (χ2n) is 5.05. The van der Waals surface area contributed by atoms with Crippen molar-refractivity contribution in [2.24, 2.45) is 0 Å². The summed E-state index contributed by atoms with van der Waals surface area (Å²) >= 11 is 5.37. The van der Waals surface area contributed by atoms with Gasteiger partial charge in [-0.25, -0.2) is 4.98 Å². The van der Waals surface area contributed by atoms with Crippen molar-refractivity contribution in [1.82, 2.24) is 4.98 Å². The van der Waals surface area contributed by atoms with Crippen LogP contribution in [0.1, 0.15) is 51.2 Å². The molecule has 0 bridgehead atoms. The summed E-state index contributed by atoms with van der Waals surface area (Å²) < 4.78 is 0. The summed E-state index contributed by atoms with van der Waals surface area (Å²) in [6.45, 7) is 8.84. The average Bonchev–Trinajstić information content (AvgIpc) is 2.51. The van der Waals surface area contributed by atoms with Gasteiger partial charge >= 0.3 is 0 Å². The minimum Gasteiger partial charge on any atom is -0.246 e. The van der Waals surface area contributed by atoms with Gasteiger partial charge in [0.05, 0.1) is 10.7 Å². The van der Waals surface area contributed by atoms with Crippen LogP contribution in [-0.4, -0.2) is 9.81 Å². The fourth-order valence-electron chi connectivity index (χ4n) is 1.30. The molecule has 0 aromatic carbocycles. The van der Waals surface area contributed by atoms with Crippen molar-refractivity contribution in [3.63, 3.8) is 0 Å². The van der Waals surface area contributed by atoms with Gasteiger partial charge in [-0.15, -0.1) is 11.3 Å². The predicted molar refractivity (Wildman–Crippen MR) is 72.1 cm³/mol. The third-order valence-electron chi connectivity index (χ3n) is 2.31. The molecule has 1 aromatic heterocycles. The summed E-state index contributed by atoms with van der Waals surface area (Å²) in [4.78, 5) is 5.31. The molecule has 0 aliphatic carbocycles. The lowest BCUT2D eigenvalue weighted by atomic mass is 9.93. The summed E-state index contributed by atoms with van der Waals surface area (Å²) in [7, 11) is 0. The summed E-state index contributed by atoms with van der Waals surface area (Å²) in [5.74, 6) is 0. The number of aryl methyl sites for hydroxylation is 1. The molecule has 0 aliphatic rings. The van der Waals surface area contributed by atoms with Crippen LogP contribution in [0.2, 0.25) is 0 Å². The highest BCUT2D eigenvalue weighted by Gasteiger charge is 2.17. The summed E-state index contributed by atoms with van der Waals surface area (Å²) in [5.41, 5.74) is 1.42. The predicted octanol–water partition coefficient (Wildman–Crippen LogP) is 4.55. The Morgan fingerprint density at radius 1 is 1.47 bits per heavy atom. The third-order valence-corrected chi connectivity index (χ3v) is 3.68. The highest BCUT2D eigenvalue weighted by atomic mass is 79.9. The third kappa shape index (κ3) is 4.64. The first-order chi connectivity index (χ1) is 6.89. The van der Waals surface area contributed by atoms with Gasteiger partial charge in [0.25, 0.3) is 0 Å². The van der Waals surface area contributed by atoms with Gasteiger partial charge in [0.2, 0.25) is 0 Å². The molecule has 1 heterocycles. The topological polar surface area (TPSA) is 12.9 Å². The molecule has 1 nitrogen and oxygen atoms in total. The van der Waals surface area contributed by atoms with Gasteiger partial charge in [0.1, 0.15) is 0 Å². The van der Waals surface area contributed by atoms with Gasteiger partial charge in [-0.2, -0.15) is 0 Å². The monoisotopic (exact) mass is 289 g/mol. The zero-order chi connectivity index (χ0) is 11.5. The van der Waals surface area contributed by atoms with Crippen molar-refractivity contribution < 1.29 is 0 Å². The Labute approximate surface area is 105 Å². The normalized spacial score (nSPS) is 14.2. The lowest BCUT2D eigenvalue weighted by Crippen LogP contribution is -2.11. The van der Waals surface area contributed by atoms with E-state index < -0.39 is 0 Å². The van der Waals surface area contributed by atoms with Gasteiger partial charge in [-0.3, -0.25) is 0 Å². The van der Waals surface area contributed by atoms with Gasteiger partial charge in [-0.1, -0.05) is 43.6 Å². The minimum absolute atomic E-state index is 0.192. The Morgan fingerprint density at radius 3 is 2.60 bits per heavy atom. The Hall–Kier alpha value is 0.110. The smallest absolute Gasteiger partial charge is 0.0928 e. The van der Waals surface area contributed by atoms with Crippen LogP contribution >= 0.6 is 27.3 Å². The first-order valence-electron chi connectivity index (χ1n) is 5.48. The second-order valence-corrected chi connectivity index (χ2v) is 7.56. The second kappa shape index (κ2) is 5.44. The molecule has 86 valence electrons. The zero-order valence-corrected chi connectivity index (χ0v) is 12.4. The van der Waals surface area contributed by atoms with Crippen LogP contribution in [0.25, 0.3) is 0 Å². The van der Waals surface area contributed by atoms with E-state index in [1.54, 1.807) is 11.3 Å². The number of hydrogen-bond donors (Lipinski definition) is 0. The van der Waals surface area contributed by atoms with E-state index in [1.165, 1.54) is 23.5 Å². The molecule has 0 saturated carbocycles. The van der Waals surface area contributed by atoms with Crippen LogP contribution in [0.4, 0.5) is 0 Å². The maximum Gasteiger partial charge on any atom is 0.0928 e. The van der Waals surface area contributed by atoms with Crippen molar-refractivity contribution in [2.45, 2.75) is 57.2 Å². The van der Waals surface area contributed by atoms with Crippen molar-refractivity contribution in [2.75, 3.05) is 0 Å². The van der Waals surface area contributed by atoms with E-state index in [-0.39, 0.29) is 5.41 Å². The van der Waals surface area contributed by atoms with Crippen LogP contribution in [0.3, 0.4) is 0 Å². The molecule has 0 N–H and O–H groups in total. The molecule has 1 atom stereocenters. The van der Waals surface area contributed by atoms with Crippen LogP contribution in [0, 0.1) is 0 Å². The number of nitrogens with zero attached hydrogens (tertiary/aromatic N) is 1. The fourth-order valence-corrected chi connectivity index (χ4v) is 2.70. The SMILES string of the molecule is CC(Br)CCCc1nc(C(C)(C)C)cs1. The number of hydrogen-bond acceptors (Lipinski definition) is 2. The van der Waals surface area contributed by atoms with Crippen molar-refractivity contribution in [1.29, 1.82) is 0 Å². The van der Waals surface area contributed by atoms with Crippen molar-refractivity contribution in [3.05, 3.63) is 16.1 Å². The van der Waals surface area contributed by atoms with E-state index in [2.05, 4.69) is 54.0 Å². The lowest BCUT2D eigenvalue weighted by Gasteiger charge is -2.14. The molecule has 0 amide bonds. The van der Waals surface area contributed by atoms with Crippen LogP contribution in [-0.2, 0) is 11.8 Å². The molecule has 0 radical (unpaired) electrons. The quantitative estimate of drug-likeness (QED) is 0.741. The summed E-state index contributed by atoms with van der Waals surface area (Å²) in [6, 6.07) is 0. The molecule has 1 rings (SSSR count). The molecule has 15 heavy (non-hydrogen) atoms. The minimum atomic E-state index is 0.192. The van der Waals surface area contributed by atoms with Crippen LogP contribution < -0.4 is 0 Å². The summed E-state index contributed by atoms with van der Waals surface area (Å²) in [5, 5.41) is 3.49. The molecule has 1 aromatic rings. The Kier molecular flexibility index (Phi) is 4.78. The first-order valence-corrected chi connectivity index (χ1v) is 7.28. The molecule has 0 spiro atoms. The number of halogens is 1. The number of aromatic nitrogens is 1. The molecule has 0 aliphatic heterocycles. The highest BCUT2D eigenvalue weighted by Crippen LogP contribution is 2.24. The standard InChI is InChI=1S/C12H20BrNS/c1-9(13)6-5-7-11-14-10(8-15-11)12(2,3)4/h8-9H,5-7H2,1-4H3. The summed E-state index contributed by atoms with van der Waals surface area (Å²) in [6.07, 6.45) is 3.57. The fraction of sp³-hybridized carbons (Fsp3) is 0.750. The Morgan fingerprint density at radius 2 is 2.13 bits per heavy atom. The van der Waals surface area contributed by atoms with E-state index in [1.807, 2.05) is 0 Å². The largest absolute Gasteiger partial charge is 0.246 e.